The second kappa shape index (κ2) is 10.2. The SMILES string of the molecule is CC(=C\c1sc2ccccc2[n+]1CC(O)CO)/C=C1/Sc2ccccc2N1CC(O)CO. The number of aromatic nitrogens is 1. The number of aliphatic hydroxyl groups excluding tert-OH is 4. The Morgan fingerprint density at radius 1 is 1.03 bits per heavy atom. The molecular formula is C24H27N2O4S2+. The summed E-state index contributed by atoms with van der Waals surface area (Å²) in [5.41, 5.74) is 3.06. The van der Waals surface area contributed by atoms with Gasteiger partial charge in [-0.05, 0) is 36.8 Å². The summed E-state index contributed by atoms with van der Waals surface area (Å²) in [5.74, 6) is 0. The number of hydrogen-bond acceptors (Lipinski definition) is 7. The van der Waals surface area contributed by atoms with E-state index in [1.807, 2.05) is 52.8 Å². The molecule has 0 bridgehead atoms. The van der Waals surface area contributed by atoms with E-state index in [4.69, 9.17) is 0 Å². The van der Waals surface area contributed by atoms with Crippen LogP contribution < -0.4 is 9.47 Å². The fraction of sp³-hybridized carbons (Fsp3) is 0.292. The smallest absolute Gasteiger partial charge is 0.263 e. The Kier molecular flexibility index (Phi) is 7.30. The van der Waals surface area contributed by atoms with Gasteiger partial charge in [0.2, 0.25) is 5.52 Å². The van der Waals surface area contributed by atoms with Crippen LogP contribution in [0.5, 0.6) is 0 Å². The zero-order chi connectivity index (χ0) is 22.7. The highest BCUT2D eigenvalue weighted by Gasteiger charge is 2.27. The average Bonchev–Trinajstić information content (AvgIpc) is 3.31. The third-order valence-corrected chi connectivity index (χ3v) is 7.41. The normalized spacial score (nSPS) is 17.2. The highest BCUT2D eigenvalue weighted by Crippen LogP contribution is 2.46. The molecule has 0 saturated heterocycles. The van der Waals surface area contributed by atoms with E-state index >= 15 is 0 Å². The number of hydrogen-bond donors (Lipinski definition) is 4. The van der Waals surface area contributed by atoms with Crippen molar-refractivity contribution in [1.29, 1.82) is 0 Å². The zero-order valence-electron chi connectivity index (χ0n) is 17.8. The molecule has 2 unspecified atom stereocenters. The molecule has 6 nitrogen and oxygen atoms in total. The maximum absolute atomic E-state index is 10.1. The molecule has 0 saturated carbocycles. The number of benzene rings is 2. The monoisotopic (exact) mass is 471 g/mol. The Labute approximate surface area is 195 Å². The number of allylic oxidation sites excluding steroid dienone is 2. The summed E-state index contributed by atoms with van der Waals surface area (Å²) in [4.78, 5) is 3.15. The van der Waals surface area contributed by atoms with Crippen LogP contribution in [0.15, 0.2) is 70.1 Å². The molecule has 3 aromatic rings. The number of thiazole rings is 1. The summed E-state index contributed by atoms with van der Waals surface area (Å²) in [7, 11) is 0. The maximum Gasteiger partial charge on any atom is 0.263 e. The Bertz CT molecular complexity index is 1160. The lowest BCUT2D eigenvalue weighted by Gasteiger charge is -2.23. The molecule has 0 radical (unpaired) electrons. The predicted molar refractivity (Wildman–Crippen MR) is 130 cm³/mol. The summed E-state index contributed by atoms with van der Waals surface area (Å²) < 4.78 is 3.15. The van der Waals surface area contributed by atoms with Gasteiger partial charge in [0.15, 0.2) is 6.54 Å². The largest absolute Gasteiger partial charge is 0.394 e. The van der Waals surface area contributed by atoms with E-state index in [0.717, 1.165) is 36.4 Å². The lowest BCUT2D eigenvalue weighted by molar-refractivity contribution is -0.676. The summed E-state index contributed by atoms with van der Waals surface area (Å²) in [5, 5.41) is 40.8. The number of fused-ring (bicyclic) bond motifs is 2. The van der Waals surface area contributed by atoms with Crippen molar-refractivity contribution in [1.82, 2.24) is 0 Å². The molecule has 1 aliphatic rings. The first-order chi connectivity index (χ1) is 15.5. The lowest BCUT2D eigenvalue weighted by Crippen LogP contribution is -2.42. The van der Waals surface area contributed by atoms with Gasteiger partial charge < -0.3 is 25.3 Å². The van der Waals surface area contributed by atoms with E-state index in [9.17, 15) is 20.4 Å². The topological polar surface area (TPSA) is 88.0 Å². The van der Waals surface area contributed by atoms with E-state index < -0.39 is 12.2 Å². The van der Waals surface area contributed by atoms with Gasteiger partial charge in [-0.3, -0.25) is 0 Å². The van der Waals surface area contributed by atoms with Gasteiger partial charge in [-0.25, -0.2) is 0 Å². The number of rotatable bonds is 8. The van der Waals surface area contributed by atoms with Crippen LogP contribution in [0.1, 0.15) is 11.9 Å². The van der Waals surface area contributed by atoms with Gasteiger partial charge in [-0.2, -0.15) is 4.57 Å². The average molecular weight is 472 g/mol. The van der Waals surface area contributed by atoms with Gasteiger partial charge in [0, 0.05) is 17.0 Å². The molecule has 8 heteroatoms. The molecular weight excluding hydrogens is 444 g/mol. The Morgan fingerprint density at radius 3 is 2.53 bits per heavy atom. The van der Waals surface area contributed by atoms with Crippen molar-refractivity contribution < 1.29 is 25.0 Å². The number of anilines is 1. The minimum Gasteiger partial charge on any atom is -0.394 e. The van der Waals surface area contributed by atoms with Gasteiger partial charge >= 0.3 is 0 Å². The van der Waals surface area contributed by atoms with Gasteiger partial charge in [0.05, 0.1) is 36.6 Å². The highest BCUT2D eigenvalue weighted by atomic mass is 32.2. The number of para-hydroxylation sites is 2. The second-order valence-electron chi connectivity index (χ2n) is 7.74. The Balaban J connectivity index is 1.70. The van der Waals surface area contributed by atoms with Crippen molar-refractivity contribution in [2.24, 2.45) is 0 Å². The summed E-state index contributed by atoms with van der Waals surface area (Å²) in [6.07, 6.45) is 2.48. The fourth-order valence-electron chi connectivity index (χ4n) is 3.67. The van der Waals surface area contributed by atoms with Crippen molar-refractivity contribution in [3.05, 3.63) is 70.2 Å². The van der Waals surface area contributed by atoms with Gasteiger partial charge in [0.1, 0.15) is 10.8 Å². The van der Waals surface area contributed by atoms with E-state index in [1.165, 1.54) is 0 Å². The minimum atomic E-state index is -0.834. The van der Waals surface area contributed by atoms with Crippen molar-refractivity contribution in [3.63, 3.8) is 0 Å². The third-order valence-electron chi connectivity index (χ3n) is 5.18. The Morgan fingerprint density at radius 2 is 1.75 bits per heavy atom. The van der Waals surface area contributed by atoms with Crippen LogP contribution in [-0.4, -0.2) is 52.4 Å². The summed E-state index contributed by atoms with van der Waals surface area (Å²) in [6, 6.07) is 16.1. The maximum atomic E-state index is 10.1. The van der Waals surface area contributed by atoms with E-state index in [2.05, 4.69) is 24.3 Å². The van der Waals surface area contributed by atoms with Crippen LogP contribution in [0.4, 0.5) is 5.69 Å². The molecule has 1 aromatic heterocycles. The molecule has 1 aliphatic heterocycles. The van der Waals surface area contributed by atoms with Crippen LogP contribution in [0.2, 0.25) is 0 Å². The van der Waals surface area contributed by atoms with Crippen molar-refractivity contribution in [2.75, 3.05) is 24.7 Å². The predicted octanol–water partition coefficient (Wildman–Crippen LogP) is 2.75. The molecule has 2 atom stereocenters. The molecule has 168 valence electrons. The van der Waals surface area contributed by atoms with Crippen LogP contribution in [0.25, 0.3) is 16.3 Å². The van der Waals surface area contributed by atoms with Gasteiger partial charge in [-0.15, -0.1) is 0 Å². The van der Waals surface area contributed by atoms with Crippen molar-refractivity contribution >= 4 is 45.1 Å². The van der Waals surface area contributed by atoms with Crippen molar-refractivity contribution in [3.8, 4) is 0 Å². The van der Waals surface area contributed by atoms with Gasteiger partial charge in [0.25, 0.3) is 5.01 Å². The quantitative estimate of drug-likeness (QED) is 0.378. The summed E-state index contributed by atoms with van der Waals surface area (Å²) >= 11 is 3.27. The second-order valence-corrected chi connectivity index (χ2v) is 9.87. The molecule has 2 aromatic carbocycles. The molecule has 0 fully saturated rings. The standard InChI is InChI=1S/C24H27N2O4S2/c1-16(10-23-25(12-17(29)14-27)19-6-2-4-8-21(19)31-23)11-24-26(13-18(30)15-28)20-7-3-5-9-22(20)32-24/h2-11,17-18,27-30H,12-15H2,1H3/q+1. The molecule has 32 heavy (non-hydrogen) atoms. The summed E-state index contributed by atoms with van der Waals surface area (Å²) in [6.45, 7) is 2.06. The number of thioether (sulfide) groups is 1. The number of nitrogens with zero attached hydrogens (tertiary/aromatic N) is 2. The van der Waals surface area contributed by atoms with Crippen LogP contribution in [0, 0.1) is 0 Å². The highest BCUT2D eigenvalue weighted by molar-refractivity contribution is 8.03. The van der Waals surface area contributed by atoms with E-state index in [-0.39, 0.29) is 13.2 Å². The van der Waals surface area contributed by atoms with Crippen LogP contribution >= 0.6 is 23.1 Å². The number of β-amino-alcohol motifs (C(OH)–C–C–N with tert-alkyl or cyclic N) is 1. The molecule has 4 rings (SSSR count). The third kappa shape index (κ3) is 4.91. The Hall–Kier alpha value is -2.20. The fourth-order valence-corrected chi connectivity index (χ4v) is 6.03. The van der Waals surface area contributed by atoms with E-state index in [1.54, 1.807) is 23.1 Å². The van der Waals surface area contributed by atoms with E-state index in [0.29, 0.717) is 13.1 Å². The molecule has 4 N–H and O–H groups in total. The molecule has 0 spiro atoms. The first kappa shape index (κ1) is 23.0. The first-order valence-electron chi connectivity index (χ1n) is 10.4. The first-order valence-corrected chi connectivity index (χ1v) is 12.1. The molecule has 0 amide bonds. The zero-order valence-corrected chi connectivity index (χ0v) is 19.4. The van der Waals surface area contributed by atoms with Crippen molar-refractivity contribution in [2.45, 2.75) is 30.6 Å². The minimum absolute atomic E-state index is 0.291. The van der Waals surface area contributed by atoms with Crippen LogP contribution in [0.3, 0.4) is 0 Å². The lowest BCUT2D eigenvalue weighted by atomic mass is 10.2. The van der Waals surface area contributed by atoms with Gasteiger partial charge in [-0.1, -0.05) is 47.4 Å². The molecule has 0 aliphatic carbocycles. The number of aliphatic hydroxyl groups is 4. The molecule has 2 heterocycles. The van der Waals surface area contributed by atoms with Crippen LogP contribution in [-0.2, 0) is 6.54 Å².